The van der Waals surface area contributed by atoms with Crippen LogP contribution in [0.15, 0.2) is 39.3 Å². The molecule has 0 bridgehead atoms. The van der Waals surface area contributed by atoms with Crippen molar-refractivity contribution in [3.63, 3.8) is 0 Å². The van der Waals surface area contributed by atoms with Gasteiger partial charge in [0.05, 0.1) is 15.8 Å². The van der Waals surface area contributed by atoms with E-state index in [1.807, 2.05) is 25.1 Å². The van der Waals surface area contributed by atoms with Crippen molar-refractivity contribution in [3.8, 4) is 0 Å². The summed E-state index contributed by atoms with van der Waals surface area (Å²) in [7, 11) is 0. The SMILES string of the molecule is Cc1cc(Br)cc(Nc2cc(Br)c(F)cc2N)c1. The molecule has 0 amide bonds. The summed E-state index contributed by atoms with van der Waals surface area (Å²) in [6.07, 6.45) is 0. The van der Waals surface area contributed by atoms with Crippen LogP contribution in [0.4, 0.5) is 21.5 Å². The molecule has 0 aliphatic heterocycles. The highest BCUT2D eigenvalue weighted by molar-refractivity contribution is 9.10. The van der Waals surface area contributed by atoms with Gasteiger partial charge >= 0.3 is 0 Å². The highest BCUT2D eigenvalue weighted by atomic mass is 79.9. The number of nitrogen functional groups attached to an aromatic ring is 1. The lowest BCUT2D eigenvalue weighted by Gasteiger charge is -2.11. The van der Waals surface area contributed by atoms with Crippen LogP contribution in [0.3, 0.4) is 0 Å². The minimum absolute atomic E-state index is 0.369. The molecule has 0 heterocycles. The summed E-state index contributed by atoms with van der Waals surface area (Å²) in [5.41, 5.74) is 8.83. The van der Waals surface area contributed by atoms with Crippen molar-refractivity contribution in [1.29, 1.82) is 0 Å². The van der Waals surface area contributed by atoms with Gasteiger partial charge in [-0.1, -0.05) is 15.9 Å². The van der Waals surface area contributed by atoms with Crippen molar-refractivity contribution in [1.82, 2.24) is 0 Å². The normalized spacial score (nSPS) is 10.4. The molecule has 94 valence electrons. The second-order valence-electron chi connectivity index (χ2n) is 4.00. The third-order valence-corrected chi connectivity index (χ3v) is 3.48. The lowest BCUT2D eigenvalue weighted by atomic mass is 10.2. The molecule has 2 nitrogen and oxygen atoms in total. The number of hydrogen-bond acceptors (Lipinski definition) is 2. The molecule has 5 heteroatoms. The molecule has 0 radical (unpaired) electrons. The van der Waals surface area contributed by atoms with E-state index in [9.17, 15) is 4.39 Å². The fraction of sp³-hybridized carbons (Fsp3) is 0.0769. The van der Waals surface area contributed by atoms with Gasteiger partial charge in [0.2, 0.25) is 0 Å². The predicted molar refractivity (Wildman–Crippen MR) is 80.7 cm³/mol. The average Bonchev–Trinajstić information content (AvgIpc) is 2.24. The van der Waals surface area contributed by atoms with E-state index < -0.39 is 0 Å². The van der Waals surface area contributed by atoms with Crippen LogP contribution in [0.5, 0.6) is 0 Å². The topological polar surface area (TPSA) is 38.0 Å². The second-order valence-corrected chi connectivity index (χ2v) is 5.77. The zero-order valence-corrected chi connectivity index (χ0v) is 12.8. The molecule has 0 unspecified atom stereocenters. The summed E-state index contributed by atoms with van der Waals surface area (Å²) in [6, 6.07) is 8.85. The number of hydrogen-bond donors (Lipinski definition) is 2. The van der Waals surface area contributed by atoms with E-state index in [0.29, 0.717) is 15.8 Å². The molecule has 0 aliphatic carbocycles. The maximum atomic E-state index is 13.3. The van der Waals surface area contributed by atoms with Crippen molar-refractivity contribution < 1.29 is 4.39 Å². The molecular weight excluding hydrogens is 363 g/mol. The number of rotatable bonds is 2. The molecular formula is C13H11Br2FN2. The quantitative estimate of drug-likeness (QED) is 0.728. The van der Waals surface area contributed by atoms with Crippen molar-refractivity contribution in [2.45, 2.75) is 6.92 Å². The first-order valence-corrected chi connectivity index (χ1v) is 6.83. The van der Waals surface area contributed by atoms with Crippen LogP contribution in [-0.2, 0) is 0 Å². The summed E-state index contributed by atoms with van der Waals surface area (Å²) in [6.45, 7) is 2.00. The van der Waals surface area contributed by atoms with Gasteiger partial charge in [-0.05, 0) is 52.7 Å². The van der Waals surface area contributed by atoms with Gasteiger partial charge in [-0.2, -0.15) is 0 Å². The molecule has 0 atom stereocenters. The molecule has 3 N–H and O–H groups in total. The first-order chi connectivity index (χ1) is 8.45. The first kappa shape index (κ1) is 13.4. The van der Waals surface area contributed by atoms with Gasteiger partial charge in [0.1, 0.15) is 5.82 Å². The van der Waals surface area contributed by atoms with E-state index in [-0.39, 0.29) is 5.82 Å². The fourth-order valence-corrected chi connectivity index (χ4v) is 2.59. The highest BCUT2D eigenvalue weighted by Crippen LogP contribution is 2.30. The smallest absolute Gasteiger partial charge is 0.139 e. The van der Waals surface area contributed by atoms with Crippen LogP contribution in [0.25, 0.3) is 0 Å². The van der Waals surface area contributed by atoms with E-state index in [1.165, 1.54) is 6.07 Å². The molecule has 18 heavy (non-hydrogen) atoms. The Balaban J connectivity index is 2.36. The zero-order chi connectivity index (χ0) is 13.3. The first-order valence-electron chi connectivity index (χ1n) is 5.24. The Morgan fingerprint density at radius 3 is 2.50 bits per heavy atom. The van der Waals surface area contributed by atoms with Gasteiger partial charge in [-0.25, -0.2) is 4.39 Å². The average molecular weight is 374 g/mol. The Hall–Kier alpha value is -1.07. The molecule has 2 rings (SSSR count). The number of nitrogens with two attached hydrogens (primary N) is 1. The summed E-state index contributed by atoms with van der Waals surface area (Å²) in [4.78, 5) is 0. The maximum Gasteiger partial charge on any atom is 0.139 e. The Bertz CT molecular complexity index is 580. The Kier molecular flexibility index (Phi) is 3.92. The van der Waals surface area contributed by atoms with Crippen LogP contribution < -0.4 is 11.1 Å². The molecule has 0 spiro atoms. The van der Waals surface area contributed by atoms with Gasteiger partial charge < -0.3 is 11.1 Å². The van der Waals surface area contributed by atoms with E-state index >= 15 is 0 Å². The van der Waals surface area contributed by atoms with Crippen LogP contribution in [-0.4, -0.2) is 0 Å². The van der Waals surface area contributed by atoms with Gasteiger partial charge in [0.15, 0.2) is 0 Å². The second kappa shape index (κ2) is 5.28. The summed E-state index contributed by atoms with van der Waals surface area (Å²) in [5.74, 6) is -0.372. The van der Waals surface area contributed by atoms with E-state index in [2.05, 4.69) is 37.2 Å². The van der Waals surface area contributed by atoms with Gasteiger partial charge in [-0.15, -0.1) is 0 Å². The fourth-order valence-electron chi connectivity index (χ4n) is 1.63. The largest absolute Gasteiger partial charge is 0.397 e. The number of halogens is 3. The Labute approximate surface area is 122 Å². The lowest BCUT2D eigenvalue weighted by molar-refractivity contribution is 0.622. The van der Waals surface area contributed by atoms with Crippen molar-refractivity contribution in [3.05, 3.63) is 50.7 Å². The standard InChI is InChI=1S/C13H11Br2FN2/c1-7-2-8(14)4-9(3-7)18-13-5-10(15)11(16)6-12(13)17/h2-6,18H,17H2,1H3. The third kappa shape index (κ3) is 3.03. The van der Waals surface area contributed by atoms with E-state index in [0.717, 1.165) is 15.7 Å². The summed E-state index contributed by atoms with van der Waals surface area (Å²) < 4.78 is 14.6. The zero-order valence-electron chi connectivity index (χ0n) is 9.60. The molecule has 0 aromatic heterocycles. The van der Waals surface area contributed by atoms with E-state index in [4.69, 9.17) is 5.73 Å². The maximum absolute atomic E-state index is 13.3. The molecule has 0 aliphatic rings. The number of anilines is 3. The van der Waals surface area contributed by atoms with Crippen molar-refractivity contribution in [2.75, 3.05) is 11.1 Å². The summed E-state index contributed by atoms with van der Waals surface area (Å²) >= 11 is 6.57. The molecule has 2 aromatic carbocycles. The number of nitrogens with one attached hydrogen (secondary N) is 1. The van der Waals surface area contributed by atoms with Gasteiger partial charge in [0, 0.05) is 16.2 Å². The number of aryl methyl sites for hydroxylation is 1. The van der Waals surface area contributed by atoms with Crippen LogP contribution in [0.1, 0.15) is 5.56 Å². The third-order valence-electron chi connectivity index (χ3n) is 2.41. The Morgan fingerprint density at radius 2 is 1.83 bits per heavy atom. The van der Waals surface area contributed by atoms with Crippen LogP contribution in [0, 0.1) is 12.7 Å². The molecule has 2 aromatic rings. The molecule has 0 fully saturated rings. The highest BCUT2D eigenvalue weighted by Gasteiger charge is 2.06. The van der Waals surface area contributed by atoms with Crippen molar-refractivity contribution in [2.24, 2.45) is 0 Å². The van der Waals surface area contributed by atoms with Crippen LogP contribution in [0.2, 0.25) is 0 Å². The minimum atomic E-state index is -0.372. The minimum Gasteiger partial charge on any atom is -0.397 e. The monoisotopic (exact) mass is 372 g/mol. The molecule has 0 saturated carbocycles. The van der Waals surface area contributed by atoms with Crippen LogP contribution >= 0.6 is 31.9 Å². The predicted octanol–water partition coefficient (Wildman–Crippen LogP) is 4.98. The summed E-state index contributed by atoms with van der Waals surface area (Å²) in [5, 5.41) is 3.17. The van der Waals surface area contributed by atoms with E-state index in [1.54, 1.807) is 6.07 Å². The number of benzene rings is 2. The van der Waals surface area contributed by atoms with Gasteiger partial charge in [-0.3, -0.25) is 0 Å². The lowest BCUT2D eigenvalue weighted by Crippen LogP contribution is -1.98. The van der Waals surface area contributed by atoms with Crippen molar-refractivity contribution >= 4 is 48.9 Å². The van der Waals surface area contributed by atoms with Gasteiger partial charge in [0.25, 0.3) is 0 Å². The molecule has 0 saturated heterocycles. The Morgan fingerprint density at radius 1 is 1.11 bits per heavy atom.